The number of anilines is 2. The van der Waals surface area contributed by atoms with Gasteiger partial charge >= 0.3 is 0 Å². The average molecular weight is 460 g/mol. The number of amides is 1. The Morgan fingerprint density at radius 3 is 2.42 bits per heavy atom. The van der Waals surface area contributed by atoms with E-state index in [1.807, 2.05) is 42.5 Å². The topological polar surface area (TPSA) is 53.6 Å². The summed E-state index contributed by atoms with van der Waals surface area (Å²) in [4.78, 5) is 15.0. The first-order valence-corrected chi connectivity index (χ1v) is 11.7. The number of hydrogen-bond donors (Lipinski definition) is 2. The molecule has 0 aliphatic carbocycles. The minimum absolute atomic E-state index is 0.263. The normalized spacial score (nSPS) is 15.5. The summed E-state index contributed by atoms with van der Waals surface area (Å²) < 4.78 is 5.77. The lowest BCUT2D eigenvalue weighted by Crippen LogP contribution is -2.37. The van der Waals surface area contributed by atoms with Crippen molar-refractivity contribution in [3.05, 3.63) is 90.0 Å². The first-order chi connectivity index (χ1) is 16.1. The van der Waals surface area contributed by atoms with Gasteiger partial charge in [0.05, 0.1) is 0 Å². The molecular formula is C27H29N3O2S. The molecule has 1 aliphatic heterocycles. The van der Waals surface area contributed by atoms with Gasteiger partial charge in [0.15, 0.2) is 5.11 Å². The summed E-state index contributed by atoms with van der Waals surface area (Å²) in [6, 6.07) is 25.7. The Morgan fingerprint density at radius 1 is 1.00 bits per heavy atom. The van der Waals surface area contributed by atoms with Gasteiger partial charge in [-0.2, -0.15) is 0 Å². The molecule has 5 nitrogen and oxygen atoms in total. The summed E-state index contributed by atoms with van der Waals surface area (Å²) in [6.45, 7) is 3.85. The van der Waals surface area contributed by atoms with Crippen molar-refractivity contribution >= 4 is 34.6 Å². The van der Waals surface area contributed by atoms with Gasteiger partial charge in [0.2, 0.25) is 0 Å². The molecule has 1 aliphatic rings. The monoisotopic (exact) mass is 459 g/mol. The molecule has 3 aromatic carbocycles. The Balaban J connectivity index is 1.27. The zero-order valence-corrected chi connectivity index (χ0v) is 19.6. The highest BCUT2D eigenvalue weighted by Crippen LogP contribution is 2.25. The highest BCUT2D eigenvalue weighted by atomic mass is 32.1. The largest absolute Gasteiger partial charge is 0.489 e. The lowest BCUT2D eigenvalue weighted by molar-refractivity contribution is 0.0977. The molecule has 0 saturated carbocycles. The molecule has 170 valence electrons. The van der Waals surface area contributed by atoms with Gasteiger partial charge in [0.25, 0.3) is 5.91 Å². The van der Waals surface area contributed by atoms with Crippen LogP contribution in [0.15, 0.2) is 78.9 Å². The van der Waals surface area contributed by atoms with Crippen molar-refractivity contribution in [1.82, 2.24) is 5.32 Å². The van der Waals surface area contributed by atoms with E-state index in [0.717, 1.165) is 17.8 Å². The van der Waals surface area contributed by atoms with Crippen LogP contribution in [-0.4, -0.2) is 23.6 Å². The fraction of sp³-hybridized carbons (Fsp3) is 0.259. The summed E-state index contributed by atoms with van der Waals surface area (Å²) in [5.74, 6) is 0.445. The van der Waals surface area contributed by atoms with Crippen LogP contribution in [0.3, 0.4) is 0 Å². The fourth-order valence-corrected chi connectivity index (χ4v) is 4.21. The van der Waals surface area contributed by atoms with Gasteiger partial charge in [0, 0.05) is 29.5 Å². The van der Waals surface area contributed by atoms with Crippen LogP contribution in [0.25, 0.3) is 0 Å². The Bertz CT molecular complexity index is 1070. The van der Waals surface area contributed by atoms with Crippen molar-refractivity contribution in [1.29, 1.82) is 0 Å². The minimum Gasteiger partial charge on any atom is -0.489 e. The van der Waals surface area contributed by atoms with Gasteiger partial charge in [-0.05, 0) is 92.5 Å². The van der Waals surface area contributed by atoms with Crippen LogP contribution in [0.5, 0.6) is 5.75 Å². The Labute approximate surface area is 200 Å². The second-order valence-corrected chi connectivity index (χ2v) is 8.70. The molecule has 3 aromatic rings. The van der Waals surface area contributed by atoms with Gasteiger partial charge in [-0.15, -0.1) is 0 Å². The van der Waals surface area contributed by atoms with Crippen LogP contribution in [0, 0.1) is 0 Å². The Kier molecular flexibility index (Phi) is 7.58. The first-order valence-electron chi connectivity index (χ1n) is 11.3. The van der Waals surface area contributed by atoms with Crippen molar-refractivity contribution in [3.8, 4) is 5.75 Å². The predicted molar refractivity (Wildman–Crippen MR) is 138 cm³/mol. The maximum absolute atomic E-state index is 12.5. The molecule has 33 heavy (non-hydrogen) atoms. The molecule has 2 N–H and O–H groups in total. The summed E-state index contributed by atoms with van der Waals surface area (Å²) in [6.07, 6.45) is 3.77. The minimum atomic E-state index is -0.263. The highest BCUT2D eigenvalue weighted by molar-refractivity contribution is 7.80. The van der Waals surface area contributed by atoms with Crippen molar-refractivity contribution in [2.24, 2.45) is 0 Å². The number of hydrogen-bond acceptors (Lipinski definition) is 4. The molecule has 1 saturated heterocycles. The van der Waals surface area contributed by atoms with Gasteiger partial charge in [-0.3, -0.25) is 10.1 Å². The molecular weight excluding hydrogens is 430 g/mol. The van der Waals surface area contributed by atoms with Gasteiger partial charge < -0.3 is 15.0 Å². The second kappa shape index (κ2) is 11.0. The molecule has 0 aromatic heterocycles. The molecule has 1 fully saturated rings. The van der Waals surface area contributed by atoms with E-state index in [4.69, 9.17) is 17.0 Å². The van der Waals surface area contributed by atoms with E-state index in [1.165, 1.54) is 24.9 Å². The van der Waals surface area contributed by atoms with Crippen LogP contribution in [0.2, 0.25) is 0 Å². The maximum atomic E-state index is 12.5. The molecule has 1 heterocycles. The number of carbonyl (C=O) groups is 1. The van der Waals surface area contributed by atoms with Gasteiger partial charge in [0.1, 0.15) is 12.4 Å². The maximum Gasteiger partial charge on any atom is 0.257 e. The number of carbonyl (C=O) groups excluding carboxylic acids is 1. The number of nitrogens with one attached hydrogen (secondary N) is 2. The number of rotatable bonds is 6. The van der Waals surface area contributed by atoms with Crippen molar-refractivity contribution in [2.75, 3.05) is 16.8 Å². The molecule has 4 rings (SSSR count). The fourth-order valence-electron chi connectivity index (χ4n) is 4.00. The molecule has 1 atom stereocenters. The standard InChI is InChI=1S/C27H29N3O2S/c1-20-7-5-6-18-30(20)24-14-12-23(13-15-24)28-27(33)29-26(31)22-10-16-25(17-11-22)32-19-21-8-3-2-4-9-21/h2-4,8-17,20H,5-7,18-19H2,1H3,(H2,28,29,31,33)/t20-/m0/s1. The smallest absolute Gasteiger partial charge is 0.257 e. The second-order valence-electron chi connectivity index (χ2n) is 8.29. The SMILES string of the molecule is C[C@H]1CCCCN1c1ccc(NC(=S)NC(=O)c2ccc(OCc3ccccc3)cc2)cc1. The lowest BCUT2D eigenvalue weighted by Gasteiger charge is -2.35. The van der Waals surface area contributed by atoms with Crippen molar-refractivity contribution in [3.63, 3.8) is 0 Å². The van der Waals surface area contributed by atoms with Crippen molar-refractivity contribution in [2.45, 2.75) is 38.8 Å². The van der Waals surface area contributed by atoms with Crippen LogP contribution < -0.4 is 20.3 Å². The molecule has 6 heteroatoms. The summed E-state index contributed by atoms with van der Waals surface area (Å²) in [5.41, 5.74) is 3.67. The third-order valence-corrected chi connectivity index (χ3v) is 6.06. The highest BCUT2D eigenvalue weighted by Gasteiger charge is 2.18. The number of nitrogens with zero attached hydrogens (tertiary/aromatic N) is 1. The zero-order chi connectivity index (χ0) is 23.0. The quantitative estimate of drug-likeness (QED) is 0.458. The van der Waals surface area contributed by atoms with Crippen LogP contribution in [-0.2, 0) is 6.61 Å². The van der Waals surface area contributed by atoms with E-state index in [-0.39, 0.29) is 11.0 Å². The Hall–Kier alpha value is -3.38. The van der Waals surface area contributed by atoms with Crippen molar-refractivity contribution < 1.29 is 9.53 Å². The van der Waals surface area contributed by atoms with E-state index in [0.29, 0.717) is 24.0 Å². The van der Waals surface area contributed by atoms with E-state index in [9.17, 15) is 4.79 Å². The van der Waals surface area contributed by atoms with Crippen LogP contribution in [0.4, 0.5) is 11.4 Å². The first kappa shape index (κ1) is 22.8. The Morgan fingerprint density at radius 2 is 1.73 bits per heavy atom. The molecule has 0 spiro atoms. The third-order valence-electron chi connectivity index (χ3n) is 5.85. The van der Waals surface area contributed by atoms with E-state index in [2.05, 4.69) is 34.6 Å². The summed E-state index contributed by atoms with van der Waals surface area (Å²) in [7, 11) is 0. The van der Waals surface area contributed by atoms with Gasteiger partial charge in [-0.1, -0.05) is 30.3 Å². The molecule has 1 amide bonds. The summed E-state index contributed by atoms with van der Waals surface area (Å²) in [5, 5.41) is 6.09. The van der Waals surface area contributed by atoms with E-state index >= 15 is 0 Å². The predicted octanol–water partition coefficient (Wildman–Crippen LogP) is 5.77. The third kappa shape index (κ3) is 6.33. The number of thiocarbonyl (C=S) groups is 1. The average Bonchev–Trinajstić information content (AvgIpc) is 2.84. The zero-order valence-electron chi connectivity index (χ0n) is 18.8. The molecule has 0 bridgehead atoms. The van der Waals surface area contributed by atoms with E-state index < -0.39 is 0 Å². The lowest BCUT2D eigenvalue weighted by atomic mass is 10.0. The number of ether oxygens (including phenoxy) is 1. The number of piperidine rings is 1. The summed E-state index contributed by atoms with van der Waals surface area (Å²) >= 11 is 5.33. The molecule has 0 radical (unpaired) electrons. The molecule has 0 unspecified atom stereocenters. The van der Waals surface area contributed by atoms with Crippen LogP contribution in [0.1, 0.15) is 42.1 Å². The van der Waals surface area contributed by atoms with Crippen LogP contribution >= 0.6 is 12.2 Å². The number of benzene rings is 3. The van der Waals surface area contributed by atoms with Gasteiger partial charge in [-0.25, -0.2) is 0 Å². The van der Waals surface area contributed by atoms with E-state index in [1.54, 1.807) is 24.3 Å².